The third-order valence-corrected chi connectivity index (χ3v) is 4.83. The first-order valence-electron chi connectivity index (χ1n) is 7.58. The Balaban J connectivity index is 2.12. The molecular formula is C16H25NO4. The fraction of sp³-hybridized carbons (Fsp3) is 0.750. The highest BCUT2D eigenvalue weighted by Crippen LogP contribution is 2.48. The molecule has 0 heterocycles. The number of hydrogen-bond donors (Lipinski definition) is 3. The smallest absolute Gasteiger partial charge is 0.307 e. The van der Waals surface area contributed by atoms with E-state index in [0.29, 0.717) is 6.42 Å². The molecule has 5 nitrogen and oxygen atoms in total. The van der Waals surface area contributed by atoms with E-state index in [1.807, 2.05) is 32.9 Å². The Morgan fingerprint density at radius 3 is 2.29 bits per heavy atom. The summed E-state index contributed by atoms with van der Waals surface area (Å²) in [7, 11) is 0. The second kappa shape index (κ2) is 5.79. The van der Waals surface area contributed by atoms with Crippen LogP contribution in [0.1, 0.15) is 33.6 Å². The van der Waals surface area contributed by atoms with E-state index in [0.717, 1.165) is 6.42 Å². The van der Waals surface area contributed by atoms with Gasteiger partial charge in [-0.05, 0) is 30.1 Å². The summed E-state index contributed by atoms with van der Waals surface area (Å²) < 4.78 is 0. The number of hydrogen-bond acceptors (Lipinski definition) is 3. The molecular weight excluding hydrogens is 270 g/mol. The zero-order valence-electron chi connectivity index (χ0n) is 12.9. The number of rotatable bonds is 5. The van der Waals surface area contributed by atoms with Crippen LogP contribution in [0.4, 0.5) is 0 Å². The molecule has 1 saturated carbocycles. The van der Waals surface area contributed by atoms with Crippen molar-refractivity contribution < 1.29 is 19.8 Å². The molecule has 5 atom stereocenters. The number of nitrogens with one attached hydrogen (secondary N) is 1. The summed E-state index contributed by atoms with van der Waals surface area (Å²) >= 11 is 0. The van der Waals surface area contributed by atoms with Crippen molar-refractivity contribution in [2.45, 2.75) is 39.7 Å². The topological polar surface area (TPSA) is 86.6 Å². The minimum atomic E-state index is -0.888. The van der Waals surface area contributed by atoms with Crippen molar-refractivity contribution >= 4 is 11.9 Å². The van der Waals surface area contributed by atoms with E-state index in [9.17, 15) is 14.7 Å². The summed E-state index contributed by atoms with van der Waals surface area (Å²) in [6.07, 6.45) is 5.15. The van der Waals surface area contributed by atoms with Gasteiger partial charge in [0.2, 0.25) is 5.91 Å². The molecule has 0 aromatic carbocycles. The average Bonchev–Trinajstić information content (AvgIpc) is 2.96. The molecule has 2 bridgehead atoms. The van der Waals surface area contributed by atoms with E-state index in [1.54, 1.807) is 0 Å². The maximum atomic E-state index is 12.6. The number of aliphatic hydroxyl groups excluding tert-OH is 1. The average molecular weight is 295 g/mol. The summed E-state index contributed by atoms with van der Waals surface area (Å²) in [6.45, 7) is 6.01. The number of allylic oxidation sites excluding steroid dienone is 2. The van der Waals surface area contributed by atoms with Gasteiger partial charge in [0.15, 0.2) is 0 Å². The Morgan fingerprint density at radius 2 is 1.81 bits per heavy atom. The molecule has 2 rings (SSSR count). The van der Waals surface area contributed by atoms with Crippen molar-refractivity contribution in [2.75, 3.05) is 6.61 Å². The van der Waals surface area contributed by atoms with Crippen LogP contribution in [-0.4, -0.2) is 34.7 Å². The van der Waals surface area contributed by atoms with Gasteiger partial charge >= 0.3 is 5.97 Å². The molecule has 0 aromatic heterocycles. The largest absolute Gasteiger partial charge is 0.481 e. The molecule has 21 heavy (non-hydrogen) atoms. The van der Waals surface area contributed by atoms with E-state index < -0.39 is 17.8 Å². The van der Waals surface area contributed by atoms with Gasteiger partial charge in [0.05, 0.1) is 11.8 Å². The van der Waals surface area contributed by atoms with Crippen LogP contribution in [0.5, 0.6) is 0 Å². The first-order valence-corrected chi connectivity index (χ1v) is 7.58. The maximum Gasteiger partial charge on any atom is 0.307 e. The van der Waals surface area contributed by atoms with Crippen LogP contribution in [-0.2, 0) is 9.59 Å². The highest BCUT2D eigenvalue weighted by molar-refractivity contribution is 5.87. The van der Waals surface area contributed by atoms with Gasteiger partial charge in [-0.15, -0.1) is 0 Å². The lowest BCUT2D eigenvalue weighted by Gasteiger charge is -2.33. The Hall–Kier alpha value is -1.36. The van der Waals surface area contributed by atoms with Gasteiger partial charge in [-0.2, -0.15) is 0 Å². The van der Waals surface area contributed by atoms with Crippen LogP contribution in [0.25, 0.3) is 0 Å². The molecule has 0 aromatic rings. The molecule has 5 heteroatoms. The molecule has 3 N–H and O–H groups in total. The number of carbonyl (C=O) groups is 2. The minimum Gasteiger partial charge on any atom is -0.481 e. The Kier molecular flexibility index (Phi) is 4.42. The van der Waals surface area contributed by atoms with Crippen molar-refractivity contribution in [1.29, 1.82) is 0 Å². The minimum absolute atomic E-state index is 0.00119. The molecule has 1 fully saturated rings. The SMILES string of the molecule is CC(C)(C)C(CCO)NC(=O)[C@H]1C2C=CC(C2)[C@H]1C(=O)O. The summed E-state index contributed by atoms with van der Waals surface area (Å²) in [5, 5.41) is 21.5. The van der Waals surface area contributed by atoms with Crippen LogP contribution in [0.3, 0.4) is 0 Å². The summed E-state index contributed by atoms with van der Waals surface area (Å²) in [6, 6.07) is -0.160. The van der Waals surface area contributed by atoms with Crippen LogP contribution in [0.2, 0.25) is 0 Å². The van der Waals surface area contributed by atoms with Crippen molar-refractivity contribution in [2.24, 2.45) is 29.1 Å². The molecule has 0 saturated heterocycles. The third kappa shape index (κ3) is 3.12. The highest BCUT2D eigenvalue weighted by atomic mass is 16.4. The Labute approximate surface area is 125 Å². The summed E-state index contributed by atoms with van der Waals surface area (Å²) in [5.41, 5.74) is -0.176. The number of carboxylic acids is 1. The fourth-order valence-corrected chi connectivity index (χ4v) is 3.64. The molecule has 0 aliphatic heterocycles. The monoisotopic (exact) mass is 295 g/mol. The van der Waals surface area contributed by atoms with E-state index in [1.165, 1.54) is 0 Å². The van der Waals surface area contributed by atoms with Crippen molar-refractivity contribution in [1.82, 2.24) is 5.32 Å². The molecule has 1 amide bonds. The van der Waals surface area contributed by atoms with E-state index in [4.69, 9.17) is 5.11 Å². The summed E-state index contributed by atoms with van der Waals surface area (Å²) in [5.74, 6) is -2.16. The lowest BCUT2D eigenvalue weighted by molar-refractivity contribution is -0.148. The van der Waals surface area contributed by atoms with Gasteiger partial charge in [0, 0.05) is 12.6 Å². The van der Waals surface area contributed by atoms with Crippen molar-refractivity contribution in [3.8, 4) is 0 Å². The van der Waals surface area contributed by atoms with Crippen molar-refractivity contribution in [3.63, 3.8) is 0 Å². The van der Waals surface area contributed by atoms with Crippen LogP contribution in [0, 0.1) is 29.1 Å². The number of carbonyl (C=O) groups excluding carboxylic acids is 1. The Morgan fingerprint density at radius 1 is 1.24 bits per heavy atom. The van der Waals surface area contributed by atoms with Gasteiger partial charge < -0.3 is 15.5 Å². The number of fused-ring (bicyclic) bond motifs is 2. The first-order chi connectivity index (χ1) is 9.75. The van der Waals surface area contributed by atoms with Crippen LogP contribution >= 0.6 is 0 Å². The molecule has 0 spiro atoms. The van der Waals surface area contributed by atoms with Gasteiger partial charge in [-0.25, -0.2) is 0 Å². The zero-order chi connectivity index (χ0) is 15.8. The molecule has 118 valence electrons. The number of amides is 1. The van der Waals surface area contributed by atoms with E-state index >= 15 is 0 Å². The molecule has 2 aliphatic carbocycles. The van der Waals surface area contributed by atoms with Crippen molar-refractivity contribution in [3.05, 3.63) is 12.2 Å². The summed E-state index contributed by atoms with van der Waals surface area (Å²) in [4.78, 5) is 24.1. The van der Waals surface area contributed by atoms with E-state index in [2.05, 4.69) is 5.32 Å². The van der Waals surface area contributed by atoms with Gasteiger partial charge in [0.25, 0.3) is 0 Å². The van der Waals surface area contributed by atoms with Crippen LogP contribution < -0.4 is 5.32 Å². The number of aliphatic hydroxyl groups is 1. The quantitative estimate of drug-likeness (QED) is 0.670. The van der Waals surface area contributed by atoms with E-state index in [-0.39, 0.29) is 35.8 Å². The normalized spacial score (nSPS) is 32.2. The second-order valence-corrected chi connectivity index (χ2v) is 7.28. The lowest BCUT2D eigenvalue weighted by Crippen LogP contribution is -2.49. The Bertz CT molecular complexity index is 452. The zero-order valence-corrected chi connectivity index (χ0v) is 12.9. The lowest BCUT2D eigenvalue weighted by atomic mass is 9.80. The van der Waals surface area contributed by atoms with Crippen LogP contribution in [0.15, 0.2) is 12.2 Å². The molecule has 2 aliphatic rings. The van der Waals surface area contributed by atoms with Gasteiger partial charge in [-0.1, -0.05) is 32.9 Å². The predicted octanol–water partition coefficient (Wildman–Crippen LogP) is 1.42. The van der Waals surface area contributed by atoms with Gasteiger partial charge in [0.1, 0.15) is 0 Å². The highest BCUT2D eigenvalue weighted by Gasteiger charge is 2.52. The first kappa shape index (κ1) is 16.0. The standard InChI is InChI=1S/C16H25NO4/c1-16(2,3)11(6-7-18)17-14(19)12-9-4-5-10(8-9)13(12)15(20)21/h4-5,9-13,18H,6-8H2,1-3H3,(H,17,19)(H,20,21)/t9?,10?,11?,12-,13+/m0/s1. The molecule has 3 unspecified atom stereocenters. The predicted molar refractivity (Wildman–Crippen MR) is 78.4 cm³/mol. The number of carboxylic acid groups (broad SMARTS) is 1. The maximum absolute atomic E-state index is 12.6. The second-order valence-electron chi connectivity index (χ2n) is 7.28. The third-order valence-electron chi connectivity index (χ3n) is 4.83. The number of aliphatic carboxylic acids is 1. The fourth-order valence-electron chi connectivity index (χ4n) is 3.64. The van der Waals surface area contributed by atoms with Gasteiger partial charge in [-0.3, -0.25) is 9.59 Å². The molecule has 0 radical (unpaired) electrons.